The number of carbonyl (C=O) groups is 2. The zero-order chi connectivity index (χ0) is 31.2. The Morgan fingerprint density at radius 1 is 0.956 bits per heavy atom. The summed E-state index contributed by atoms with van der Waals surface area (Å²) < 4.78 is 2.56. The van der Waals surface area contributed by atoms with Gasteiger partial charge in [0.1, 0.15) is 5.78 Å². The van der Waals surface area contributed by atoms with E-state index in [1.807, 2.05) is 6.08 Å². The highest BCUT2D eigenvalue weighted by molar-refractivity contribution is 5.88. The Bertz CT molecular complexity index is 1330. The average molecular weight is 615 g/mol. The summed E-state index contributed by atoms with van der Waals surface area (Å²) in [5, 5.41) is 11.7. The summed E-state index contributed by atoms with van der Waals surface area (Å²) in [5.74, 6) is 1.86. The van der Waals surface area contributed by atoms with Crippen molar-refractivity contribution in [1.29, 1.82) is 0 Å². The lowest BCUT2D eigenvalue weighted by molar-refractivity contribution is -0.135. The summed E-state index contributed by atoms with van der Waals surface area (Å²) in [7, 11) is 0. The third kappa shape index (κ3) is 7.45. The Morgan fingerprint density at radius 3 is 2.64 bits per heavy atom. The van der Waals surface area contributed by atoms with Gasteiger partial charge in [0.15, 0.2) is 0 Å². The summed E-state index contributed by atoms with van der Waals surface area (Å²) in [6.45, 7) is 3.92. The lowest BCUT2D eigenvalue weighted by Crippen LogP contribution is -2.43. The number of rotatable bonds is 14. The van der Waals surface area contributed by atoms with Gasteiger partial charge in [0, 0.05) is 48.4 Å². The number of nitrogens with zero attached hydrogens (tertiary/aromatic N) is 2. The number of Topliss-reactive ketones (excluding diaryl/α,β-unsaturated/α-hetero) is 1. The number of allylic oxidation sites excluding steroid dienone is 1. The van der Waals surface area contributed by atoms with Gasteiger partial charge in [-0.25, -0.2) is 0 Å². The van der Waals surface area contributed by atoms with E-state index < -0.39 is 0 Å². The minimum absolute atomic E-state index is 0.116. The molecule has 0 bridgehead atoms. The summed E-state index contributed by atoms with van der Waals surface area (Å²) in [6, 6.07) is 7.56. The van der Waals surface area contributed by atoms with E-state index in [0.29, 0.717) is 24.5 Å². The van der Waals surface area contributed by atoms with Crippen LogP contribution in [0.2, 0.25) is 0 Å². The van der Waals surface area contributed by atoms with Crippen LogP contribution in [0.3, 0.4) is 0 Å². The number of benzene rings is 1. The molecule has 246 valence electrons. The monoisotopic (exact) mass is 614 g/mol. The summed E-state index contributed by atoms with van der Waals surface area (Å²) in [4.78, 5) is 28.4. The van der Waals surface area contributed by atoms with Crippen molar-refractivity contribution < 1.29 is 14.7 Å². The molecular formula is C40H58N2O3. The molecule has 0 saturated heterocycles. The normalized spacial score (nSPS) is 24.5. The second kappa shape index (κ2) is 15.5. The minimum atomic E-state index is -0.381. The third-order valence-electron chi connectivity index (χ3n) is 11.8. The largest absolute Gasteiger partial charge is 0.389 e. The number of aryl methyl sites for hydroxylation is 1. The molecule has 5 heteroatoms. The lowest BCUT2D eigenvalue weighted by Gasteiger charge is -2.40. The predicted molar refractivity (Wildman–Crippen MR) is 183 cm³/mol. The van der Waals surface area contributed by atoms with Crippen LogP contribution >= 0.6 is 0 Å². The third-order valence-corrected chi connectivity index (χ3v) is 11.8. The standard InChI is InChI=1S/C40H58N2O3/c1-2-3-7-15-32(43)23-20-30-22-25-38(44)33(30)16-10-4-5-11-19-39(45)41-26-27-42-36-24-21-31(29-13-8-6-9-14-29)28-35(36)34-17-12-18-37(41)40(34)42/h20-21,23-24,28-30,32-33,37,43H,2-19,22,25-27H2,1H3/t30-,32-,33+,37?/m0/s1. The van der Waals surface area contributed by atoms with Crippen LogP contribution in [0.5, 0.6) is 0 Å². The lowest BCUT2D eigenvalue weighted by atomic mass is 9.83. The SMILES string of the molecule is CCCCC[C@H](O)C=C[C@H]1CCC(=O)[C@@H]1CCCCCCC(=O)N1CCn2c3c(c4cc(C5CCCCC5)ccc42)CCCC31. The van der Waals surface area contributed by atoms with Crippen LogP contribution < -0.4 is 0 Å². The van der Waals surface area contributed by atoms with E-state index in [1.165, 1.54) is 66.2 Å². The molecule has 3 aliphatic carbocycles. The van der Waals surface area contributed by atoms with E-state index >= 15 is 0 Å². The number of hydrogen-bond acceptors (Lipinski definition) is 3. The molecule has 2 saturated carbocycles. The smallest absolute Gasteiger partial charge is 0.223 e. The maximum absolute atomic E-state index is 13.6. The van der Waals surface area contributed by atoms with Crippen molar-refractivity contribution in [3.8, 4) is 0 Å². The molecule has 1 aromatic heterocycles. The predicted octanol–water partition coefficient (Wildman–Crippen LogP) is 9.34. The van der Waals surface area contributed by atoms with Crippen LogP contribution in [0.15, 0.2) is 30.4 Å². The second-order valence-electron chi connectivity index (χ2n) is 14.8. The summed E-state index contributed by atoms with van der Waals surface area (Å²) in [5.41, 5.74) is 5.89. The molecule has 0 radical (unpaired) electrons. The fraction of sp³-hybridized carbons (Fsp3) is 0.700. The van der Waals surface area contributed by atoms with Crippen LogP contribution in [-0.2, 0) is 22.6 Å². The Balaban J connectivity index is 0.981. The quantitative estimate of drug-likeness (QED) is 0.170. The molecule has 6 rings (SSSR count). The molecule has 1 aromatic carbocycles. The Hall–Kier alpha value is -2.40. The van der Waals surface area contributed by atoms with Crippen LogP contribution in [0, 0.1) is 11.8 Å². The first-order chi connectivity index (χ1) is 22.0. The highest BCUT2D eigenvalue weighted by atomic mass is 16.3. The first kappa shape index (κ1) is 32.5. The van der Waals surface area contributed by atoms with Gasteiger partial charge in [-0.05, 0) is 92.9 Å². The number of aliphatic hydroxyl groups excluding tert-OH is 1. The van der Waals surface area contributed by atoms with Gasteiger partial charge in [0.05, 0.1) is 12.1 Å². The number of fused-ring (bicyclic) bond motifs is 3. The van der Waals surface area contributed by atoms with Crippen molar-refractivity contribution in [3.63, 3.8) is 0 Å². The molecule has 1 unspecified atom stereocenters. The average Bonchev–Trinajstić information content (AvgIpc) is 3.59. The van der Waals surface area contributed by atoms with Gasteiger partial charge >= 0.3 is 0 Å². The molecule has 2 aromatic rings. The van der Waals surface area contributed by atoms with Gasteiger partial charge in [-0.1, -0.05) is 82.9 Å². The van der Waals surface area contributed by atoms with Crippen molar-refractivity contribution in [3.05, 3.63) is 47.2 Å². The van der Waals surface area contributed by atoms with Crippen LogP contribution in [-0.4, -0.2) is 38.9 Å². The van der Waals surface area contributed by atoms with E-state index in [9.17, 15) is 14.7 Å². The highest BCUT2D eigenvalue weighted by Crippen LogP contribution is 2.44. The highest BCUT2D eigenvalue weighted by Gasteiger charge is 2.37. The molecule has 2 fully saturated rings. The van der Waals surface area contributed by atoms with Crippen LogP contribution in [0.1, 0.15) is 158 Å². The van der Waals surface area contributed by atoms with Gasteiger partial charge in [0.2, 0.25) is 5.91 Å². The molecule has 5 nitrogen and oxygen atoms in total. The van der Waals surface area contributed by atoms with Crippen LogP contribution in [0.25, 0.3) is 10.9 Å². The molecule has 1 amide bonds. The van der Waals surface area contributed by atoms with E-state index in [-0.39, 0.29) is 24.0 Å². The van der Waals surface area contributed by atoms with Crippen molar-refractivity contribution in [2.75, 3.05) is 6.54 Å². The van der Waals surface area contributed by atoms with E-state index in [0.717, 1.165) is 96.1 Å². The molecule has 45 heavy (non-hydrogen) atoms. The van der Waals surface area contributed by atoms with Crippen molar-refractivity contribution in [1.82, 2.24) is 9.47 Å². The minimum Gasteiger partial charge on any atom is -0.389 e. The molecule has 4 aliphatic rings. The Labute approximate surface area is 271 Å². The molecular weight excluding hydrogens is 556 g/mol. The summed E-state index contributed by atoms with van der Waals surface area (Å²) >= 11 is 0. The number of ketones is 1. The van der Waals surface area contributed by atoms with Crippen molar-refractivity contribution in [2.45, 2.75) is 160 Å². The van der Waals surface area contributed by atoms with Gasteiger partial charge in [-0.3, -0.25) is 9.59 Å². The number of carbonyl (C=O) groups excluding carboxylic acids is 2. The molecule has 4 atom stereocenters. The van der Waals surface area contributed by atoms with Crippen molar-refractivity contribution >= 4 is 22.6 Å². The molecule has 1 aliphatic heterocycles. The zero-order valence-corrected chi connectivity index (χ0v) is 28.0. The Morgan fingerprint density at radius 2 is 1.80 bits per heavy atom. The Kier molecular flexibility index (Phi) is 11.2. The first-order valence-electron chi connectivity index (χ1n) is 18.9. The van der Waals surface area contributed by atoms with Gasteiger partial charge in [-0.15, -0.1) is 0 Å². The number of unbranched alkanes of at least 4 members (excludes halogenated alkanes) is 5. The first-order valence-corrected chi connectivity index (χ1v) is 18.9. The van der Waals surface area contributed by atoms with Crippen LogP contribution in [0.4, 0.5) is 0 Å². The number of aromatic nitrogens is 1. The fourth-order valence-electron chi connectivity index (χ4n) is 9.26. The maximum Gasteiger partial charge on any atom is 0.223 e. The second-order valence-corrected chi connectivity index (χ2v) is 14.8. The van der Waals surface area contributed by atoms with E-state index in [2.05, 4.69) is 40.7 Å². The number of hydrogen-bond donors (Lipinski definition) is 1. The zero-order valence-electron chi connectivity index (χ0n) is 28.0. The number of amides is 1. The molecule has 1 N–H and O–H groups in total. The topological polar surface area (TPSA) is 62.5 Å². The molecule has 2 heterocycles. The van der Waals surface area contributed by atoms with Crippen molar-refractivity contribution in [2.24, 2.45) is 11.8 Å². The van der Waals surface area contributed by atoms with Gasteiger partial charge in [0.25, 0.3) is 0 Å². The number of aliphatic hydroxyl groups is 1. The maximum atomic E-state index is 13.6. The van der Waals surface area contributed by atoms with E-state index in [4.69, 9.17) is 0 Å². The van der Waals surface area contributed by atoms with Gasteiger partial charge in [-0.2, -0.15) is 0 Å². The summed E-state index contributed by atoms with van der Waals surface area (Å²) in [6.07, 6.45) is 25.4. The van der Waals surface area contributed by atoms with E-state index in [1.54, 1.807) is 0 Å². The fourth-order valence-corrected chi connectivity index (χ4v) is 9.26. The van der Waals surface area contributed by atoms with Gasteiger partial charge < -0.3 is 14.6 Å². The molecule has 0 spiro atoms.